The number of carbonyl (C=O) groups is 1. The maximum absolute atomic E-state index is 11.7. The monoisotopic (exact) mass is 261 g/mol. The molecule has 0 aliphatic carbocycles. The van der Waals surface area contributed by atoms with E-state index < -0.39 is 0 Å². The third-order valence-corrected chi connectivity index (χ3v) is 2.20. The average Bonchev–Trinajstić information content (AvgIpc) is 2.33. The van der Waals surface area contributed by atoms with Crippen LogP contribution in [0.1, 0.15) is 20.8 Å². The van der Waals surface area contributed by atoms with E-state index in [0.29, 0.717) is 11.4 Å². The Morgan fingerprint density at radius 3 is 2.79 bits per heavy atom. The Bertz CT molecular complexity index is 472. The molecule has 1 amide bonds. The van der Waals surface area contributed by atoms with E-state index in [1.165, 1.54) is 0 Å². The normalized spacial score (nSPS) is 10.6. The fourth-order valence-corrected chi connectivity index (χ4v) is 1.33. The zero-order valence-electron chi connectivity index (χ0n) is 11.5. The molecule has 2 N–H and O–H groups in total. The Morgan fingerprint density at radius 1 is 1.42 bits per heavy atom. The maximum Gasteiger partial charge on any atom is 0.238 e. The number of amides is 1. The Hall–Kier alpha value is -2.06. The number of nitrogens with one attached hydrogen (secondary N) is 2. The van der Waals surface area contributed by atoms with Gasteiger partial charge in [-0.05, 0) is 32.9 Å². The number of anilines is 1. The lowest BCUT2D eigenvalue weighted by atomic mass is 10.1. The molecule has 1 rings (SSSR count). The van der Waals surface area contributed by atoms with Gasteiger partial charge in [-0.15, -0.1) is 0 Å². The lowest BCUT2D eigenvalue weighted by Crippen LogP contribution is -2.41. The Kier molecular flexibility index (Phi) is 5.34. The van der Waals surface area contributed by atoms with Gasteiger partial charge < -0.3 is 15.4 Å². The second kappa shape index (κ2) is 6.76. The summed E-state index contributed by atoms with van der Waals surface area (Å²) in [5, 5.41) is 14.3. The van der Waals surface area contributed by atoms with Crippen LogP contribution in [0.2, 0.25) is 0 Å². The van der Waals surface area contributed by atoms with Crippen molar-refractivity contribution in [1.82, 2.24) is 5.32 Å². The number of nitriles is 1. The molecule has 0 aromatic heterocycles. The highest BCUT2D eigenvalue weighted by Crippen LogP contribution is 2.17. The van der Waals surface area contributed by atoms with Gasteiger partial charge in [-0.3, -0.25) is 4.79 Å². The van der Waals surface area contributed by atoms with E-state index >= 15 is 0 Å². The van der Waals surface area contributed by atoms with Gasteiger partial charge in [-0.2, -0.15) is 5.26 Å². The second-order valence-electron chi connectivity index (χ2n) is 5.13. The molecule has 0 saturated heterocycles. The minimum Gasteiger partial charge on any atom is -0.479 e. The highest BCUT2D eigenvalue weighted by Gasteiger charge is 2.11. The molecule has 5 heteroatoms. The molecule has 0 aliphatic heterocycles. The summed E-state index contributed by atoms with van der Waals surface area (Å²) in [7, 11) is 0. The van der Waals surface area contributed by atoms with Crippen LogP contribution < -0.4 is 15.4 Å². The van der Waals surface area contributed by atoms with Crippen LogP contribution in [0, 0.1) is 11.3 Å². The first-order valence-electron chi connectivity index (χ1n) is 6.05. The van der Waals surface area contributed by atoms with E-state index in [9.17, 15) is 4.79 Å². The van der Waals surface area contributed by atoms with Crippen LogP contribution in [0.4, 0.5) is 5.69 Å². The van der Waals surface area contributed by atoms with Crippen LogP contribution in [0.15, 0.2) is 24.3 Å². The number of hydrogen-bond donors (Lipinski definition) is 2. The predicted octanol–water partition coefficient (Wildman–Crippen LogP) is 1.92. The number of carbonyl (C=O) groups excluding carboxylic acids is 1. The Labute approximate surface area is 113 Å². The molecule has 0 saturated carbocycles. The molecule has 0 unspecified atom stereocenters. The van der Waals surface area contributed by atoms with Gasteiger partial charge in [0.2, 0.25) is 5.91 Å². The first-order valence-corrected chi connectivity index (χ1v) is 6.05. The van der Waals surface area contributed by atoms with E-state index in [0.717, 1.165) is 0 Å². The molecule has 0 heterocycles. The zero-order chi connectivity index (χ0) is 14.3. The van der Waals surface area contributed by atoms with Crippen molar-refractivity contribution in [2.75, 3.05) is 18.5 Å². The van der Waals surface area contributed by atoms with E-state index in [1.54, 1.807) is 24.3 Å². The standard InChI is InChI=1S/C14H19N3O2/c1-14(2,3)16-10-13(18)17-11-5-4-6-12(9-11)19-8-7-15/h4-6,9,16H,8,10H2,1-3H3,(H,17,18). The van der Waals surface area contributed by atoms with Crippen LogP contribution in [0.25, 0.3) is 0 Å². The van der Waals surface area contributed by atoms with Gasteiger partial charge in [0, 0.05) is 17.3 Å². The van der Waals surface area contributed by atoms with Crippen molar-refractivity contribution < 1.29 is 9.53 Å². The molecule has 0 aliphatic rings. The molecule has 0 bridgehead atoms. The Balaban J connectivity index is 2.52. The summed E-state index contributed by atoms with van der Waals surface area (Å²) < 4.78 is 5.16. The molecule has 19 heavy (non-hydrogen) atoms. The number of rotatable bonds is 5. The highest BCUT2D eigenvalue weighted by atomic mass is 16.5. The lowest BCUT2D eigenvalue weighted by molar-refractivity contribution is -0.115. The van der Waals surface area contributed by atoms with Crippen molar-refractivity contribution in [2.45, 2.75) is 26.3 Å². The highest BCUT2D eigenvalue weighted by molar-refractivity contribution is 5.92. The van der Waals surface area contributed by atoms with Crippen LogP contribution in [-0.4, -0.2) is 24.6 Å². The molecule has 1 aromatic carbocycles. The second-order valence-corrected chi connectivity index (χ2v) is 5.13. The summed E-state index contributed by atoms with van der Waals surface area (Å²) >= 11 is 0. The van der Waals surface area contributed by atoms with Crippen molar-refractivity contribution >= 4 is 11.6 Å². The predicted molar refractivity (Wildman–Crippen MR) is 73.9 cm³/mol. The van der Waals surface area contributed by atoms with Crippen molar-refractivity contribution in [1.29, 1.82) is 5.26 Å². The van der Waals surface area contributed by atoms with E-state index in [1.807, 2.05) is 26.8 Å². The minimum atomic E-state index is -0.118. The summed E-state index contributed by atoms with van der Waals surface area (Å²) in [6.07, 6.45) is 0. The third kappa shape index (κ3) is 6.43. The molecule has 0 atom stereocenters. The van der Waals surface area contributed by atoms with Gasteiger partial charge in [0.15, 0.2) is 6.61 Å². The third-order valence-electron chi connectivity index (χ3n) is 2.20. The molecular formula is C14H19N3O2. The maximum atomic E-state index is 11.7. The van der Waals surface area contributed by atoms with Crippen LogP contribution in [0.5, 0.6) is 5.75 Å². The van der Waals surface area contributed by atoms with Gasteiger partial charge >= 0.3 is 0 Å². The molecule has 102 valence electrons. The van der Waals surface area contributed by atoms with Gasteiger partial charge in [0.25, 0.3) is 0 Å². The topological polar surface area (TPSA) is 74.2 Å². The summed E-state index contributed by atoms with van der Waals surface area (Å²) in [5.41, 5.74) is 0.547. The summed E-state index contributed by atoms with van der Waals surface area (Å²) in [5.74, 6) is 0.440. The quantitative estimate of drug-likeness (QED) is 0.849. The summed E-state index contributed by atoms with van der Waals surface area (Å²) in [6.45, 7) is 6.22. The summed E-state index contributed by atoms with van der Waals surface area (Å²) in [6, 6.07) is 8.85. The van der Waals surface area contributed by atoms with E-state index in [4.69, 9.17) is 10.00 Å². The Morgan fingerprint density at radius 2 is 2.16 bits per heavy atom. The smallest absolute Gasteiger partial charge is 0.238 e. The van der Waals surface area contributed by atoms with Crippen molar-refractivity contribution in [2.24, 2.45) is 0 Å². The van der Waals surface area contributed by atoms with E-state index in [-0.39, 0.29) is 24.6 Å². The number of hydrogen-bond acceptors (Lipinski definition) is 4. The zero-order valence-corrected chi connectivity index (χ0v) is 11.5. The van der Waals surface area contributed by atoms with Crippen molar-refractivity contribution in [3.63, 3.8) is 0 Å². The number of nitrogens with zero attached hydrogens (tertiary/aromatic N) is 1. The molecule has 1 aromatic rings. The first-order chi connectivity index (χ1) is 8.90. The molecular weight excluding hydrogens is 242 g/mol. The molecule has 0 spiro atoms. The lowest BCUT2D eigenvalue weighted by Gasteiger charge is -2.20. The number of benzene rings is 1. The fraction of sp³-hybridized carbons (Fsp3) is 0.429. The largest absolute Gasteiger partial charge is 0.479 e. The molecule has 0 fully saturated rings. The number of ether oxygens (including phenoxy) is 1. The SMILES string of the molecule is CC(C)(C)NCC(=O)Nc1cccc(OCC#N)c1. The first kappa shape index (κ1) is 15.0. The van der Waals surface area contributed by atoms with Gasteiger partial charge in [-0.25, -0.2) is 0 Å². The average molecular weight is 261 g/mol. The van der Waals surface area contributed by atoms with Gasteiger partial charge in [-0.1, -0.05) is 6.07 Å². The molecule has 5 nitrogen and oxygen atoms in total. The molecule has 0 radical (unpaired) electrons. The van der Waals surface area contributed by atoms with Crippen molar-refractivity contribution in [3.05, 3.63) is 24.3 Å². The van der Waals surface area contributed by atoms with Gasteiger partial charge in [0.05, 0.1) is 6.54 Å². The van der Waals surface area contributed by atoms with Crippen LogP contribution in [-0.2, 0) is 4.79 Å². The van der Waals surface area contributed by atoms with Crippen LogP contribution in [0.3, 0.4) is 0 Å². The minimum absolute atomic E-state index is 0.0109. The summed E-state index contributed by atoms with van der Waals surface area (Å²) in [4.78, 5) is 11.7. The van der Waals surface area contributed by atoms with Crippen LogP contribution >= 0.6 is 0 Å². The fourth-order valence-electron chi connectivity index (χ4n) is 1.33. The van der Waals surface area contributed by atoms with E-state index in [2.05, 4.69) is 10.6 Å². The van der Waals surface area contributed by atoms with Gasteiger partial charge in [0.1, 0.15) is 11.8 Å². The van der Waals surface area contributed by atoms with Crippen molar-refractivity contribution in [3.8, 4) is 11.8 Å².